The first-order valence-electron chi connectivity index (χ1n) is 7.67. The van der Waals surface area contributed by atoms with Gasteiger partial charge in [0.25, 0.3) is 0 Å². The summed E-state index contributed by atoms with van der Waals surface area (Å²) >= 11 is 0. The predicted octanol–water partition coefficient (Wildman–Crippen LogP) is 3.31. The van der Waals surface area contributed by atoms with E-state index in [9.17, 15) is 0 Å². The largest absolute Gasteiger partial charge is 0.379 e. The fraction of sp³-hybridized carbons (Fsp3) is 1.00. The number of hydrogen-bond acceptors (Lipinski definition) is 2. The molecule has 0 N–H and O–H groups in total. The van der Waals surface area contributed by atoms with Gasteiger partial charge in [-0.3, -0.25) is 4.90 Å². The Balaban J connectivity index is 1.86. The van der Waals surface area contributed by atoms with Crippen LogP contribution in [0.1, 0.15) is 52.4 Å². The van der Waals surface area contributed by atoms with Gasteiger partial charge in [0.15, 0.2) is 0 Å². The molecule has 2 heteroatoms. The molecule has 0 spiro atoms. The Bertz CT molecular complexity index is 213. The minimum absolute atomic E-state index is 0.858. The molecule has 1 aliphatic heterocycles. The summed E-state index contributed by atoms with van der Waals surface area (Å²) < 4.78 is 5.46. The summed E-state index contributed by atoms with van der Waals surface area (Å²) in [7, 11) is 0. The highest BCUT2D eigenvalue weighted by molar-refractivity contribution is 4.85. The first kappa shape index (κ1) is 13.4. The second-order valence-electron chi connectivity index (χ2n) is 5.83. The molecule has 3 unspecified atom stereocenters. The van der Waals surface area contributed by atoms with E-state index in [1.807, 2.05) is 0 Å². The second-order valence-corrected chi connectivity index (χ2v) is 5.83. The third kappa shape index (κ3) is 3.45. The minimum Gasteiger partial charge on any atom is -0.379 e. The molecule has 1 saturated heterocycles. The van der Waals surface area contributed by atoms with E-state index in [4.69, 9.17) is 4.74 Å². The molecule has 0 aromatic carbocycles. The summed E-state index contributed by atoms with van der Waals surface area (Å²) in [4.78, 5) is 2.69. The SMILES string of the molecule is CCCC1CCC(N2CCOCC2)CC1CC. The number of hydrogen-bond donors (Lipinski definition) is 0. The Morgan fingerprint density at radius 1 is 1.06 bits per heavy atom. The van der Waals surface area contributed by atoms with Gasteiger partial charge < -0.3 is 4.74 Å². The average Bonchev–Trinajstić information content (AvgIpc) is 2.40. The molecule has 2 aliphatic rings. The van der Waals surface area contributed by atoms with Crippen molar-refractivity contribution in [1.29, 1.82) is 0 Å². The van der Waals surface area contributed by atoms with E-state index in [1.54, 1.807) is 0 Å². The van der Waals surface area contributed by atoms with Gasteiger partial charge >= 0.3 is 0 Å². The molecule has 3 atom stereocenters. The van der Waals surface area contributed by atoms with Gasteiger partial charge in [-0.25, -0.2) is 0 Å². The van der Waals surface area contributed by atoms with E-state index in [1.165, 1.54) is 51.6 Å². The van der Waals surface area contributed by atoms with E-state index in [2.05, 4.69) is 18.7 Å². The topological polar surface area (TPSA) is 12.5 Å². The van der Waals surface area contributed by atoms with Crippen molar-refractivity contribution in [3.63, 3.8) is 0 Å². The quantitative estimate of drug-likeness (QED) is 0.746. The third-order valence-corrected chi connectivity index (χ3v) is 4.86. The lowest BCUT2D eigenvalue weighted by Gasteiger charge is -2.42. The fourth-order valence-corrected chi connectivity index (χ4v) is 3.83. The Labute approximate surface area is 107 Å². The number of rotatable bonds is 4. The number of nitrogens with zero attached hydrogens (tertiary/aromatic N) is 1. The third-order valence-electron chi connectivity index (χ3n) is 4.86. The van der Waals surface area contributed by atoms with Crippen LogP contribution in [0.3, 0.4) is 0 Å². The summed E-state index contributed by atoms with van der Waals surface area (Å²) in [5.41, 5.74) is 0. The van der Waals surface area contributed by atoms with Gasteiger partial charge in [0.2, 0.25) is 0 Å². The Morgan fingerprint density at radius 2 is 1.82 bits per heavy atom. The maximum Gasteiger partial charge on any atom is 0.0594 e. The second kappa shape index (κ2) is 6.75. The maximum atomic E-state index is 5.46. The summed E-state index contributed by atoms with van der Waals surface area (Å²) in [6.07, 6.45) is 8.54. The molecule has 0 amide bonds. The maximum absolute atomic E-state index is 5.46. The van der Waals surface area contributed by atoms with Crippen LogP contribution in [0.15, 0.2) is 0 Å². The molecule has 0 aromatic rings. The van der Waals surface area contributed by atoms with Crippen LogP contribution < -0.4 is 0 Å². The van der Waals surface area contributed by atoms with Crippen molar-refractivity contribution >= 4 is 0 Å². The van der Waals surface area contributed by atoms with Crippen molar-refractivity contribution < 1.29 is 4.74 Å². The van der Waals surface area contributed by atoms with Crippen LogP contribution in [-0.2, 0) is 4.74 Å². The smallest absolute Gasteiger partial charge is 0.0594 e. The lowest BCUT2D eigenvalue weighted by Crippen LogP contribution is -2.46. The van der Waals surface area contributed by atoms with E-state index in [0.29, 0.717) is 0 Å². The van der Waals surface area contributed by atoms with E-state index < -0.39 is 0 Å². The van der Waals surface area contributed by atoms with Gasteiger partial charge in [-0.15, -0.1) is 0 Å². The van der Waals surface area contributed by atoms with Crippen LogP contribution in [0, 0.1) is 11.8 Å². The zero-order valence-corrected chi connectivity index (χ0v) is 11.7. The predicted molar refractivity (Wildman–Crippen MR) is 72.2 cm³/mol. The van der Waals surface area contributed by atoms with Crippen LogP contribution >= 0.6 is 0 Å². The van der Waals surface area contributed by atoms with Crippen molar-refractivity contribution in [2.45, 2.75) is 58.4 Å². The Morgan fingerprint density at radius 3 is 2.47 bits per heavy atom. The molecule has 0 bridgehead atoms. The highest BCUT2D eigenvalue weighted by Crippen LogP contribution is 2.37. The summed E-state index contributed by atoms with van der Waals surface area (Å²) in [6.45, 7) is 8.95. The van der Waals surface area contributed by atoms with E-state index >= 15 is 0 Å². The number of morpholine rings is 1. The van der Waals surface area contributed by atoms with Gasteiger partial charge in [-0.05, 0) is 31.1 Å². The average molecular weight is 239 g/mol. The summed E-state index contributed by atoms with van der Waals surface area (Å²) in [6, 6.07) is 0.858. The van der Waals surface area contributed by atoms with Gasteiger partial charge in [-0.1, -0.05) is 33.1 Å². The molecule has 0 radical (unpaired) electrons. The normalized spacial score (nSPS) is 36.0. The molecule has 17 heavy (non-hydrogen) atoms. The van der Waals surface area contributed by atoms with Gasteiger partial charge in [0.1, 0.15) is 0 Å². The van der Waals surface area contributed by atoms with Crippen molar-refractivity contribution in [3.8, 4) is 0 Å². The Hall–Kier alpha value is -0.0800. The van der Waals surface area contributed by atoms with Crippen LogP contribution in [0.2, 0.25) is 0 Å². The lowest BCUT2D eigenvalue weighted by molar-refractivity contribution is -0.00504. The van der Waals surface area contributed by atoms with Gasteiger partial charge in [-0.2, -0.15) is 0 Å². The summed E-state index contributed by atoms with van der Waals surface area (Å²) in [5.74, 6) is 2.00. The van der Waals surface area contributed by atoms with Crippen molar-refractivity contribution in [3.05, 3.63) is 0 Å². The highest BCUT2D eigenvalue weighted by atomic mass is 16.5. The Kier molecular flexibility index (Phi) is 5.30. The summed E-state index contributed by atoms with van der Waals surface area (Å²) in [5, 5.41) is 0. The molecule has 2 fully saturated rings. The fourth-order valence-electron chi connectivity index (χ4n) is 3.83. The first-order valence-corrected chi connectivity index (χ1v) is 7.67. The van der Waals surface area contributed by atoms with Crippen LogP contribution in [-0.4, -0.2) is 37.2 Å². The van der Waals surface area contributed by atoms with Gasteiger partial charge in [0.05, 0.1) is 13.2 Å². The van der Waals surface area contributed by atoms with E-state index in [-0.39, 0.29) is 0 Å². The molecule has 2 nitrogen and oxygen atoms in total. The molecule has 1 heterocycles. The highest BCUT2D eigenvalue weighted by Gasteiger charge is 2.32. The zero-order chi connectivity index (χ0) is 12.1. The van der Waals surface area contributed by atoms with E-state index in [0.717, 1.165) is 31.1 Å². The first-order chi connectivity index (χ1) is 8.35. The lowest BCUT2D eigenvalue weighted by atomic mass is 9.73. The minimum atomic E-state index is 0.858. The van der Waals surface area contributed by atoms with Crippen molar-refractivity contribution in [2.24, 2.45) is 11.8 Å². The molecule has 2 rings (SSSR count). The monoisotopic (exact) mass is 239 g/mol. The van der Waals surface area contributed by atoms with Crippen LogP contribution in [0.5, 0.6) is 0 Å². The van der Waals surface area contributed by atoms with Gasteiger partial charge in [0, 0.05) is 19.1 Å². The zero-order valence-electron chi connectivity index (χ0n) is 11.7. The standard InChI is InChI=1S/C15H29NO/c1-3-5-14-6-7-15(12-13(14)4-2)16-8-10-17-11-9-16/h13-15H,3-12H2,1-2H3. The van der Waals surface area contributed by atoms with Crippen molar-refractivity contribution in [2.75, 3.05) is 26.3 Å². The van der Waals surface area contributed by atoms with Crippen LogP contribution in [0.4, 0.5) is 0 Å². The van der Waals surface area contributed by atoms with Crippen molar-refractivity contribution in [1.82, 2.24) is 4.90 Å². The molecule has 1 aliphatic carbocycles. The molecule has 0 aromatic heterocycles. The molecular weight excluding hydrogens is 210 g/mol. The molecular formula is C15H29NO. The van der Waals surface area contributed by atoms with Crippen LogP contribution in [0.25, 0.3) is 0 Å². The molecule has 1 saturated carbocycles. The number of ether oxygens (including phenoxy) is 1. The molecule has 100 valence electrons.